The van der Waals surface area contributed by atoms with Gasteiger partial charge in [0.2, 0.25) is 0 Å². The zero-order valence-electron chi connectivity index (χ0n) is 12.2. The van der Waals surface area contributed by atoms with Crippen LogP contribution >= 0.6 is 0 Å². The number of rotatable bonds is 8. The number of nitrogens with one attached hydrogen (secondary N) is 1. The molecule has 2 aromatic rings. The Kier molecular flexibility index (Phi) is 5.97. The Labute approximate surface area is 124 Å². The van der Waals surface area contributed by atoms with Gasteiger partial charge in [-0.25, -0.2) is 0 Å². The molecule has 0 amide bonds. The Morgan fingerprint density at radius 1 is 1.33 bits per heavy atom. The average Bonchev–Trinajstić information content (AvgIpc) is 3.03. The van der Waals surface area contributed by atoms with Crippen molar-refractivity contribution in [2.45, 2.75) is 20.1 Å². The van der Waals surface area contributed by atoms with E-state index < -0.39 is 0 Å². The fourth-order valence-corrected chi connectivity index (χ4v) is 1.90. The maximum absolute atomic E-state index is 11.9. The Morgan fingerprint density at radius 2 is 2.14 bits per heavy atom. The van der Waals surface area contributed by atoms with Gasteiger partial charge >= 0.3 is 5.97 Å². The summed E-state index contributed by atoms with van der Waals surface area (Å²) in [4.78, 5) is 11.9. The smallest absolute Gasteiger partial charge is 0.310 e. The maximum Gasteiger partial charge on any atom is 0.310 e. The lowest BCUT2D eigenvalue weighted by atomic mass is 10.2. The Bertz CT molecular complexity index is 526. The van der Waals surface area contributed by atoms with E-state index in [0.29, 0.717) is 13.2 Å². The van der Waals surface area contributed by atoms with Gasteiger partial charge in [-0.3, -0.25) is 9.48 Å². The van der Waals surface area contributed by atoms with E-state index in [-0.39, 0.29) is 11.9 Å². The highest BCUT2D eigenvalue weighted by atomic mass is 16.5. The van der Waals surface area contributed by atoms with Crippen molar-refractivity contribution in [3.8, 4) is 0 Å². The molecule has 0 spiro atoms. The molecule has 0 radical (unpaired) electrons. The van der Waals surface area contributed by atoms with E-state index in [4.69, 9.17) is 4.74 Å². The Morgan fingerprint density at radius 3 is 2.86 bits per heavy atom. The quantitative estimate of drug-likeness (QED) is 0.595. The minimum absolute atomic E-state index is 0.161. The molecule has 0 aliphatic carbocycles. The fraction of sp³-hybridized carbons (Fsp3) is 0.375. The van der Waals surface area contributed by atoms with Crippen molar-refractivity contribution in [2.75, 3.05) is 13.1 Å². The molecule has 1 unspecified atom stereocenters. The van der Waals surface area contributed by atoms with Crippen molar-refractivity contribution < 1.29 is 9.53 Å². The predicted molar refractivity (Wildman–Crippen MR) is 80.5 cm³/mol. The highest BCUT2D eigenvalue weighted by Crippen LogP contribution is 2.04. The normalized spacial score (nSPS) is 12.0. The zero-order chi connectivity index (χ0) is 14.9. The third-order valence-corrected chi connectivity index (χ3v) is 3.15. The first-order valence-electron chi connectivity index (χ1n) is 7.14. The van der Waals surface area contributed by atoms with Gasteiger partial charge in [0, 0.05) is 25.5 Å². The van der Waals surface area contributed by atoms with Crippen molar-refractivity contribution >= 4 is 5.97 Å². The first-order chi connectivity index (χ1) is 10.3. The molecule has 0 fully saturated rings. The van der Waals surface area contributed by atoms with Crippen molar-refractivity contribution in [1.29, 1.82) is 0 Å². The van der Waals surface area contributed by atoms with Gasteiger partial charge in [0.05, 0.1) is 12.5 Å². The van der Waals surface area contributed by atoms with Crippen molar-refractivity contribution in [1.82, 2.24) is 15.1 Å². The van der Waals surface area contributed by atoms with E-state index in [1.807, 2.05) is 54.2 Å². The summed E-state index contributed by atoms with van der Waals surface area (Å²) in [7, 11) is 0. The number of ether oxygens (including phenoxy) is 1. The summed E-state index contributed by atoms with van der Waals surface area (Å²) in [5.74, 6) is -0.336. The lowest BCUT2D eigenvalue weighted by Gasteiger charge is -2.12. The van der Waals surface area contributed by atoms with Crippen LogP contribution in [0.25, 0.3) is 0 Å². The van der Waals surface area contributed by atoms with Gasteiger partial charge in [0.1, 0.15) is 6.61 Å². The highest BCUT2D eigenvalue weighted by molar-refractivity contribution is 5.72. The van der Waals surface area contributed by atoms with Gasteiger partial charge in [0.15, 0.2) is 0 Å². The summed E-state index contributed by atoms with van der Waals surface area (Å²) in [5.41, 5.74) is 1.00. The van der Waals surface area contributed by atoms with E-state index in [9.17, 15) is 4.79 Å². The van der Waals surface area contributed by atoms with E-state index in [1.54, 1.807) is 6.20 Å². The zero-order valence-corrected chi connectivity index (χ0v) is 12.2. The summed E-state index contributed by atoms with van der Waals surface area (Å²) < 4.78 is 7.15. The van der Waals surface area contributed by atoms with Crippen LogP contribution in [0, 0.1) is 5.92 Å². The summed E-state index contributed by atoms with van der Waals surface area (Å²) in [6.45, 7) is 4.37. The number of nitrogens with zero attached hydrogens (tertiary/aromatic N) is 2. The molecule has 5 nitrogen and oxygen atoms in total. The molecule has 21 heavy (non-hydrogen) atoms. The lowest BCUT2D eigenvalue weighted by Crippen LogP contribution is -2.30. The number of aromatic nitrogens is 2. The monoisotopic (exact) mass is 287 g/mol. The Hall–Kier alpha value is -2.14. The molecule has 0 bridgehead atoms. The van der Waals surface area contributed by atoms with E-state index in [2.05, 4.69) is 10.4 Å². The number of hydrogen-bond acceptors (Lipinski definition) is 4. The van der Waals surface area contributed by atoms with E-state index >= 15 is 0 Å². The van der Waals surface area contributed by atoms with Crippen molar-refractivity contribution in [3.05, 3.63) is 54.4 Å². The molecule has 0 saturated carbocycles. The summed E-state index contributed by atoms with van der Waals surface area (Å²) in [6, 6.07) is 11.6. The molecule has 2 rings (SSSR count). The first kappa shape index (κ1) is 15.3. The third kappa shape index (κ3) is 5.39. The molecule has 1 atom stereocenters. The first-order valence-corrected chi connectivity index (χ1v) is 7.14. The average molecular weight is 287 g/mol. The summed E-state index contributed by atoms with van der Waals surface area (Å²) in [5, 5.41) is 7.36. The van der Waals surface area contributed by atoms with Crippen LogP contribution in [0.1, 0.15) is 12.5 Å². The minimum atomic E-state index is -0.176. The number of benzene rings is 1. The second-order valence-corrected chi connectivity index (χ2v) is 4.97. The number of esters is 1. The van der Waals surface area contributed by atoms with Crippen LogP contribution in [0.15, 0.2) is 48.8 Å². The van der Waals surface area contributed by atoms with Crippen LogP contribution in [-0.2, 0) is 22.7 Å². The molecule has 5 heteroatoms. The van der Waals surface area contributed by atoms with Gasteiger partial charge < -0.3 is 10.1 Å². The number of carbonyl (C=O) groups is 1. The largest absolute Gasteiger partial charge is 0.461 e. The topological polar surface area (TPSA) is 56.2 Å². The van der Waals surface area contributed by atoms with Gasteiger partial charge in [-0.2, -0.15) is 5.10 Å². The predicted octanol–water partition coefficient (Wildman–Crippen LogP) is 1.85. The fourth-order valence-electron chi connectivity index (χ4n) is 1.90. The Balaban J connectivity index is 1.61. The molecular weight excluding hydrogens is 266 g/mol. The van der Waals surface area contributed by atoms with E-state index in [0.717, 1.165) is 18.7 Å². The second kappa shape index (κ2) is 8.21. The summed E-state index contributed by atoms with van der Waals surface area (Å²) >= 11 is 0. The lowest BCUT2D eigenvalue weighted by molar-refractivity contribution is -0.149. The molecule has 0 aliphatic heterocycles. The van der Waals surface area contributed by atoms with Gasteiger partial charge in [-0.05, 0) is 11.6 Å². The molecular formula is C16H21N3O2. The second-order valence-electron chi connectivity index (χ2n) is 4.97. The standard InChI is InChI=1S/C16H21N3O2/c1-14(12-17-9-11-19-10-5-8-18-19)16(20)21-13-15-6-3-2-4-7-15/h2-8,10,14,17H,9,11-13H2,1H3. The molecule has 1 aromatic carbocycles. The van der Waals surface area contributed by atoms with Crippen molar-refractivity contribution in [3.63, 3.8) is 0 Å². The minimum Gasteiger partial charge on any atom is -0.461 e. The summed E-state index contributed by atoms with van der Waals surface area (Å²) in [6.07, 6.45) is 3.67. The molecule has 112 valence electrons. The molecule has 1 N–H and O–H groups in total. The van der Waals surface area contributed by atoms with Gasteiger partial charge in [-0.15, -0.1) is 0 Å². The van der Waals surface area contributed by atoms with Crippen molar-refractivity contribution in [2.24, 2.45) is 5.92 Å². The van der Waals surface area contributed by atoms with Gasteiger partial charge in [0.25, 0.3) is 0 Å². The molecule has 0 saturated heterocycles. The van der Waals surface area contributed by atoms with Crippen LogP contribution in [0.3, 0.4) is 0 Å². The highest BCUT2D eigenvalue weighted by Gasteiger charge is 2.13. The van der Waals surface area contributed by atoms with E-state index in [1.165, 1.54) is 0 Å². The van der Waals surface area contributed by atoms with Gasteiger partial charge in [-0.1, -0.05) is 37.3 Å². The molecule has 1 heterocycles. The SMILES string of the molecule is CC(CNCCn1cccn1)C(=O)OCc1ccccc1. The van der Waals surface area contributed by atoms with Crippen LogP contribution in [0.4, 0.5) is 0 Å². The maximum atomic E-state index is 11.9. The molecule has 0 aliphatic rings. The van der Waals surface area contributed by atoms with Crippen LogP contribution in [-0.4, -0.2) is 28.8 Å². The van der Waals surface area contributed by atoms with Crippen LogP contribution in [0.5, 0.6) is 0 Å². The van der Waals surface area contributed by atoms with Crippen LogP contribution < -0.4 is 5.32 Å². The third-order valence-electron chi connectivity index (χ3n) is 3.15. The molecule has 1 aromatic heterocycles. The number of carbonyl (C=O) groups excluding carboxylic acids is 1. The number of hydrogen-bond donors (Lipinski definition) is 1. The van der Waals surface area contributed by atoms with Crippen LogP contribution in [0.2, 0.25) is 0 Å².